The number of hydrogen-bond acceptors (Lipinski definition) is 5. The summed E-state index contributed by atoms with van der Waals surface area (Å²) in [7, 11) is 0. The second-order valence-corrected chi connectivity index (χ2v) is 5.55. The predicted molar refractivity (Wildman–Crippen MR) is 65.9 cm³/mol. The molecular formula is C14H20O5. The number of esters is 3. The molecule has 106 valence electrons. The molecule has 1 aliphatic heterocycles. The van der Waals surface area contributed by atoms with Crippen LogP contribution in [0.4, 0.5) is 0 Å². The predicted octanol–water partition coefficient (Wildman–Crippen LogP) is 1.83. The average Bonchev–Trinajstić information content (AvgIpc) is 2.59. The SMILES string of the molecule is CCC1CC(CC)C2C(=O)OC(=O)C2(OC(C)=O)C1. The molecule has 0 spiro atoms. The van der Waals surface area contributed by atoms with E-state index in [0.29, 0.717) is 6.42 Å². The van der Waals surface area contributed by atoms with Crippen LogP contribution in [0, 0.1) is 17.8 Å². The van der Waals surface area contributed by atoms with Crippen LogP contribution in [0.2, 0.25) is 0 Å². The highest BCUT2D eigenvalue weighted by molar-refractivity contribution is 6.02. The molecule has 1 saturated heterocycles. The zero-order valence-corrected chi connectivity index (χ0v) is 11.6. The summed E-state index contributed by atoms with van der Waals surface area (Å²) in [6.07, 6.45) is 2.94. The van der Waals surface area contributed by atoms with E-state index in [1.807, 2.05) is 13.8 Å². The molecule has 0 bridgehead atoms. The van der Waals surface area contributed by atoms with Crippen molar-refractivity contribution in [2.24, 2.45) is 17.8 Å². The first-order valence-electron chi connectivity index (χ1n) is 6.90. The number of rotatable bonds is 3. The van der Waals surface area contributed by atoms with Gasteiger partial charge in [0.25, 0.3) is 0 Å². The number of fused-ring (bicyclic) bond motifs is 1. The van der Waals surface area contributed by atoms with Crippen LogP contribution in [-0.2, 0) is 23.9 Å². The third-order valence-electron chi connectivity index (χ3n) is 4.42. The van der Waals surface area contributed by atoms with Gasteiger partial charge in [0.1, 0.15) is 5.92 Å². The first kappa shape index (κ1) is 14.0. The molecule has 1 heterocycles. The van der Waals surface area contributed by atoms with E-state index in [4.69, 9.17) is 9.47 Å². The monoisotopic (exact) mass is 268 g/mol. The zero-order valence-electron chi connectivity index (χ0n) is 11.6. The van der Waals surface area contributed by atoms with E-state index in [-0.39, 0.29) is 11.8 Å². The fourth-order valence-electron chi connectivity index (χ4n) is 3.54. The molecule has 2 aliphatic rings. The summed E-state index contributed by atoms with van der Waals surface area (Å²) in [5.41, 5.74) is -1.37. The lowest BCUT2D eigenvalue weighted by Crippen LogP contribution is -2.53. The normalized spacial score (nSPS) is 37.7. The van der Waals surface area contributed by atoms with Crippen LogP contribution >= 0.6 is 0 Å². The summed E-state index contributed by atoms with van der Waals surface area (Å²) in [4.78, 5) is 35.4. The standard InChI is InChI=1S/C14H20O5/c1-4-9-6-10(5-2)11-12(16)18-13(17)14(11,7-9)19-8(3)15/h9-11H,4-7H2,1-3H3. The van der Waals surface area contributed by atoms with Gasteiger partial charge in [0, 0.05) is 13.3 Å². The molecule has 0 aromatic rings. The maximum Gasteiger partial charge on any atom is 0.359 e. The van der Waals surface area contributed by atoms with E-state index in [0.717, 1.165) is 19.3 Å². The summed E-state index contributed by atoms with van der Waals surface area (Å²) in [5, 5.41) is 0. The lowest BCUT2D eigenvalue weighted by molar-refractivity contribution is -0.182. The molecule has 4 atom stereocenters. The van der Waals surface area contributed by atoms with Gasteiger partial charge in [-0.2, -0.15) is 0 Å². The van der Waals surface area contributed by atoms with Crippen LogP contribution in [0.3, 0.4) is 0 Å². The van der Waals surface area contributed by atoms with Gasteiger partial charge in [-0.05, 0) is 18.3 Å². The van der Waals surface area contributed by atoms with Crippen LogP contribution in [0.5, 0.6) is 0 Å². The van der Waals surface area contributed by atoms with Gasteiger partial charge < -0.3 is 9.47 Å². The van der Waals surface area contributed by atoms with E-state index < -0.39 is 29.4 Å². The second-order valence-electron chi connectivity index (χ2n) is 5.55. The number of carbonyl (C=O) groups excluding carboxylic acids is 3. The minimum atomic E-state index is -1.37. The Morgan fingerprint density at radius 1 is 1.37 bits per heavy atom. The molecule has 4 unspecified atom stereocenters. The number of ether oxygens (including phenoxy) is 2. The summed E-state index contributed by atoms with van der Waals surface area (Å²) >= 11 is 0. The fraction of sp³-hybridized carbons (Fsp3) is 0.786. The highest BCUT2D eigenvalue weighted by Gasteiger charge is 2.65. The lowest BCUT2D eigenvalue weighted by Gasteiger charge is -2.41. The summed E-state index contributed by atoms with van der Waals surface area (Å²) in [6.45, 7) is 5.29. The lowest BCUT2D eigenvalue weighted by atomic mass is 9.64. The minimum Gasteiger partial charge on any atom is -0.446 e. The van der Waals surface area contributed by atoms with Gasteiger partial charge in [0.2, 0.25) is 5.60 Å². The van der Waals surface area contributed by atoms with Gasteiger partial charge in [-0.25, -0.2) is 4.79 Å². The van der Waals surface area contributed by atoms with Crippen molar-refractivity contribution in [3.05, 3.63) is 0 Å². The molecule has 0 aromatic carbocycles. The van der Waals surface area contributed by atoms with Crippen LogP contribution in [-0.4, -0.2) is 23.5 Å². The van der Waals surface area contributed by atoms with Crippen LogP contribution in [0.1, 0.15) is 46.5 Å². The Kier molecular flexibility index (Phi) is 3.65. The Labute approximate surface area is 112 Å². The van der Waals surface area contributed by atoms with Crippen molar-refractivity contribution < 1.29 is 23.9 Å². The smallest absolute Gasteiger partial charge is 0.359 e. The summed E-state index contributed by atoms with van der Waals surface area (Å²) in [6, 6.07) is 0. The average molecular weight is 268 g/mol. The molecule has 5 nitrogen and oxygen atoms in total. The topological polar surface area (TPSA) is 69.7 Å². The highest BCUT2D eigenvalue weighted by Crippen LogP contribution is 2.50. The van der Waals surface area contributed by atoms with Crippen LogP contribution in [0.25, 0.3) is 0 Å². The molecule has 1 saturated carbocycles. The van der Waals surface area contributed by atoms with Crippen molar-refractivity contribution in [2.75, 3.05) is 0 Å². The van der Waals surface area contributed by atoms with Crippen molar-refractivity contribution >= 4 is 17.9 Å². The third kappa shape index (κ3) is 2.15. The molecule has 2 rings (SSSR count). The Morgan fingerprint density at radius 2 is 2.05 bits per heavy atom. The highest BCUT2D eigenvalue weighted by atomic mass is 16.6. The third-order valence-corrected chi connectivity index (χ3v) is 4.42. The molecule has 0 radical (unpaired) electrons. The van der Waals surface area contributed by atoms with E-state index in [1.165, 1.54) is 6.92 Å². The van der Waals surface area contributed by atoms with E-state index >= 15 is 0 Å². The molecule has 2 fully saturated rings. The maximum atomic E-state index is 12.1. The summed E-state index contributed by atoms with van der Waals surface area (Å²) < 4.78 is 10.1. The van der Waals surface area contributed by atoms with Gasteiger partial charge in [0.05, 0.1) is 0 Å². The van der Waals surface area contributed by atoms with Crippen molar-refractivity contribution in [1.29, 1.82) is 0 Å². The Morgan fingerprint density at radius 3 is 2.58 bits per heavy atom. The van der Waals surface area contributed by atoms with Crippen molar-refractivity contribution in [2.45, 2.75) is 52.1 Å². The van der Waals surface area contributed by atoms with Crippen molar-refractivity contribution in [3.8, 4) is 0 Å². The van der Waals surface area contributed by atoms with Gasteiger partial charge in [-0.15, -0.1) is 0 Å². The first-order valence-corrected chi connectivity index (χ1v) is 6.90. The first-order chi connectivity index (χ1) is 8.94. The minimum absolute atomic E-state index is 0.0389. The van der Waals surface area contributed by atoms with Gasteiger partial charge in [0.15, 0.2) is 0 Å². The molecule has 0 N–H and O–H groups in total. The molecular weight excluding hydrogens is 248 g/mol. The molecule has 0 aromatic heterocycles. The van der Waals surface area contributed by atoms with Gasteiger partial charge >= 0.3 is 17.9 Å². The van der Waals surface area contributed by atoms with E-state index in [9.17, 15) is 14.4 Å². The maximum absolute atomic E-state index is 12.1. The zero-order chi connectivity index (χ0) is 14.2. The van der Waals surface area contributed by atoms with E-state index in [2.05, 4.69) is 0 Å². The number of hydrogen-bond donors (Lipinski definition) is 0. The van der Waals surface area contributed by atoms with Crippen LogP contribution < -0.4 is 0 Å². The molecule has 0 amide bonds. The van der Waals surface area contributed by atoms with Gasteiger partial charge in [-0.1, -0.05) is 26.7 Å². The Bertz CT molecular complexity index is 416. The number of cyclic esters (lactones) is 2. The Hall–Kier alpha value is -1.39. The van der Waals surface area contributed by atoms with Crippen LogP contribution in [0.15, 0.2) is 0 Å². The largest absolute Gasteiger partial charge is 0.446 e. The molecule has 1 aliphatic carbocycles. The van der Waals surface area contributed by atoms with E-state index in [1.54, 1.807) is 0 Å². The molecule has 19 heavy (non-hydrogen) atoms. The number of carbonyl (C=O) groups is 3. The van der Waals surface area contributed by atoms with Crippen molar-refractivity contribution in [3.63, 3.8) is 0 Å². The molecule has 5 heteroatoms. The fourth-order valence-corrected chi connectivity index (χ4v) is 3.54. The quantitative estimate of drug-likeness (QED) is 0.577. The summed E-state index contributed by atoms with van der Waals surface area (Å²) in [5.74, 6) is -2.07. The Balaban J connectivity index is 2.42. The van der Waals surface area contributed by atoms with Crippen molar-refractivity contribution in [1.82, 2.24) is 0 Å². The van der Waals surface area contributed by atoms with Gasteiger partial charge in [-0.3, -0.25) is 9.59 Å². The second kappa shape index (κ2) is 4.94.